The van der Waals surface area contributed by atoms with Gasteiger partial charge in [-0.3, -0.25) is 14.4 Å². The van der Waals surface area contributed by atoms with Crippen LogP contribution in [0, 0.1) is 0 Å². The Bertz CT molecular complexity index is 1040. The van der Waals surface area contributed by atoms with E-state index >= 15 is 0 Å². The van der Waals surface area contributed by atoms with Gasteiger partial charge < -0.3 is 19.9 Å². The Hall–Kier alpha value is -3.19. The van der Waals surface area contributed by atoms with Crippen molar-refractivity contribution in [1.29, 1.82) is 0 Å². The van der Waals surface area contributed by atoms with Crippen LogP contribution < -0.4 is 10.2 Å². The Morgan fingerprint density at radius 1 is 1.12 bits per heavy atom. The van der Waals surface area contributed by atoms with Crippen molar-refractivity contribution in [3.8, 4) is 0 Å². The normalized spacial score (nSPS) is 17.7. The van der Waals surface area contributed by atoms with E-state index in [4.69, 9.17) is 4.74 Å². The summed E-state index contributed by atoms with van der Waals surface area (Å²) in [6, 6.07) is 14.1. The Labute approximate surface area is 194 Å². The number of rotatable bonds is 8. The molecule has 0 saturated carbocycles. The maximum Gasteiger partial charge on any atom is 0.256 e. The molecule has 1 saturated heterocycles. The van der Waals surface area contributed by atoms with Crippen molar-refractivity contribution in [3.63, 3.8) is 0 Å². The van der Waals surface area contributed by atoms with Crippen molar-refractivity contribution in [3.05, 3.63) is 65.2 Å². The molecule has 7 nitrogen and oxygen atoms in total. The first kappa shape index (κ1) is 23.0. The molecular formula is C26H31N3O4. The molecule has 2 aliphatic rings. The number of carbonyl (C=O) groups excluding carboxylic acids is 3. The lowest BCUT2D eigenvalue weighted by Gasteiger charge is -2.26. The third-order valence-electron chi connectivity index (χ3n) is 6.14. The van der Waals surface area contributed by atoms with E-state index in [1.54, 1.807) is 21.9 Å². The van der Waals surface area contributed by atoms with Crippen LogP contribution in [0.2, 0.25) is 0 Å². The van der Waals surface area contributed by atoms with Crippen molar-refractivity contribution in [1.82, 2.24) is 10.2 Å². The van der Waals surface area contributed by atoms with Gasteiger partial charge in [-0.05, 0) is 56.9 Å². The highest BCUT2D eigenvalue weighted by atomic mass is 16.5. The number of para-hydroxylation sites is 1. The summed E-state index contributed by atoms with van der Waals surface area (Å²) in [7, 11) is 0. The van der Waals surface area contributed by atoms with Gasteiger partial charge in [0.1, 0.15) is 6.04 Å². The van der Waals surface area contributed by atoms with Crippen LogP contribution >= 0.6 is 0 Å². The van der Waals surface area contributed by atoms with Gasteiger partial charge >= 0.3 is 0 Å². The molecule has 4 rings (SSSR count). The zero-order chi connectivity index (χ0) is 23.4. The van der Waals surface area contributed by atoms with Crippen molar-refractivity contribution < 1.29 is 19.1 Å². The molecule has 0 aromatic heterocycles. The number of amides is 3. The van der Waals surface area contributed by atoms with E-state index in [-0.39, 0.29) is 30.4 Å². The van der Waals surface area contributed by atoms with Crippen molar-refractivity contribution in [2.75, 3.05) is 24.6 Å². The first-order valence-corrected chi connectivity index (χ1v) is 11.7. The first-order chi connectivity index (χ1) is 16.0. The average Bonchev–Trinajstić information content (AvgIpc) is 3.29. The third-order valence-corrected chi connectivity index (χ3v) is 6.14. The molecule has 33 heavy (non-hydrogen) atoms. The molecule has 0 spiro atoms. The zero-order valence-electron chi connectivity index (χ0n) is 19.3. The number of benzene rings is 2. The number of ether oxygens (including phenoxy) is 1. The summed E-state index contributed by atoms with van der Waals surface area (Å²) < 4.78 is 5.53. The summed E-state index contributed by atoms with van der Waals surface area (Å²) in [5, 5.41) is 2.95. The van der Waals surface area contributed by atoms with Gasteiger partial charge in [0.25, 0.3) is 11.8 Å². The van der Waals surface area contributed by atoms with Crippen LogP contribution in [-0.4, -0.2) is 54.5 Å². The lowest BCUT2D eigenvalue weighted by Crippen LogP contribution is -2.44. The van der Waals surface area contributed by atoms with Gasteiger partial charge in [-0.15, -0.1) is 0 Å². The van der Waals surface area contributed by atoms with Crippen molar-refractivity contribution >= 4 is 23.4 Å². The fraction of sp³-hybridized carbons (Fsp3) is 0.423. The number of carbonyl (C=O) groups is 3. The number of nitrogens with one attached hydrogen (secondary N) is 1. The molecule has 1 N–H and O–H groups in total. The molecule has 174 valence electrons. The standard InChI is InChI=1S/C26H31N3O4/c1-18(2)33-16-8-14-27-24(30)20-10-4-3-9-19(20)17-29-22-12-6-5-11-21(22)25(31)28-15-7-13-23(28)26(29)32/h3-6,9-12,18,23H,7-8,13-17H2,1-2H3,(H,27,30)/t23-/m1/s1. The fourth-order valence-electron chi connectivity index (χ4n) is 4.51. The topological polar surface area (TPSA) is 79.0 Å². The number of fused-ring (bicyclic) bond motifs is 2. The number of hydrogen-bond donors (Lipinski definition) is 1. The molecular weight excluding hydrogens is 418 g/mol. The Morgan fingerprint density at radius 3 is 2.70 bits per heavy atom. The average molecular weight is 450 g/mol. The highest BCUT2D eigenvalue weighted by Gasteiger charge is 2.42. The van der Waals surface area contributed by atoms with Crippen molar-refractivity contribution in [2.45, 2.75) is 51.8 Å². The van der Waals surface area contributed by atoms with Crippen LogP contribution in [0.3, 0.4) is 0 Å². The lowest BCUT2D eigenvalue weighted by molar-refractivity contribution is -0.122. The second-order valence-corrected chi connectivity index (χ2v) is 8.78. The summed E-state index contributed by atoms with van der Waals surface area (Å²) in [5.74, 6) is -0.366. The first-order valence-electron chi connectivity index (χ1n) is 11.7. The largest absolute Gasteiger partial charge is 0.379 e. The predicted octanol–water partition coefficient (Wildman–Crippen LogP) is 3.38. The summed E-state index contributed by atoms with van der Waals surface area (Å²) in [4.78, 5) is 42.9. The summed E-state index contributed by atoms with van der Waals surface area (Å²) in [6.07, 6.45) is 2.37. The third kappa shape index (κ3) is 4.93. The molecule has 2 heterocycles. The van der Waals surface area contributed by atoms with Crippen LogP contribution in [0.4, 0.5) is 5.69 Å². The van der Waals surface area contributed by atoms with E-state index in [2.05, 4.69) is 5.32 Å². The monoisotopic (exact) mass is 449 g/mol. The van der Waals surface area contributed by atoms with Gasteiger partial charge in [-0.1, -0.05) is 30.3 Å². The van der Waals surface area contributed by atoms with Gasteiger partial charge in [0.05, 0.1) is 23.9 Å². The minimum absolute atomic E-state index is 0.0909. The summed E-state index contributed by atoms with van der Waals surface area (Å²) >= 11 is 0. The molecule has 7 heteroatoms. The van der Waals surface area contributed by atoms with Crippen LogP contribution in [-0.2, 0) is 16.1 Å². The molecule has 1 atom stereocenters. The van der Waals surface area contributed by atoms with E-state index in [0.29, 0.717) is 42.9 Å². The maximum atomic E-state index is 13.5. The molecule has 2 aromatic rings. The highest BCUT2D eigenvalue weighted by Crippen LogP contribution is 2.33. The highest BCUT2D eigenvalue weighted by molar-refractivity contribution is 6.11. The number of anilines is 1. The molecule has 0 radical (unpaired) electrons. The second kappa shape index (κ2) is 10.2. The lowest BCUT2D eigenvalue weighted by atomic mass is 10.0. The minimum atomic E-state index is -0.452. The van der Waals surface area contributed by atoms with Crippen molar-refractivity contribution in [2.24, 2.45) is 0 Å². The Kier molecular flexibility index (Phi) is 7.08. The fourth-order valence-corrected chi connectivity index (χ4v) is 4.51. The zero-order valence-corrected chi connectivity index (χ0v) is 19.3. The number of hydrogen-bond acceptors (Lipinski definition) is 4. The quantitative estimate of drug-likeness (QED) is 0.627. The van der Waals surface area contributed by atoms with Gasteiger partial charge in [0, 0.05) is 25.3 Å². The molecule has 0 bridgehead atoms. The summed E-state index contributed by atoms with van der Waals surface area (Å²) in [6.45, 7) is 5.89. The van der Waals surface area contributed by atoms with Crippen LogP contribution in [0.25, 0.3) is 0 Å². The molecule has 2 aliphatic heterocycles. The van der Waals surface area contributed by atoms with Gasteiger partial charge in [0.15, 0.2) is 0 Å². The predicted molar refractivity (Wildman–Crippen MR) is 126 cm³/mol. The Morgan fingerprint density at radius 2 is 1.88 bits per heavy atom. The molecule has 0 aliphatic carbocycles. The van der Waals surface area contributed by atoms with Crippen LogP contribution in [0.15, 0.2) is 48.5 Å². The molecule has 2 aromatic carbocycles. The van der Waals surface area contributed by atoms with E-state index in [1.165, 1.54) is 0 Å². The maximum absolute atomic E-state index is 13.5. The van der Waals surface area contributed by atoms with E-state index in [9.17, 15) is 14.4 Å². The number of nitrogens with zero attached hydrogens (tertiary/aromatic N) is 2. The smallest absolute Gasteiger partial charge is 0.256 e. The van der Waals surface area contributed by atoms with E-state index < -0.39 is 6.04 Å². The van der Waals surface area contributed by atoms with E-state index in [1.807, 2.05) is 50.2 Å². The molecule has 3 amide bonds. The second-order valence-electron chi connectivity index (χ2n) is 8.78. The Balaban J connectivity index is 1.56. The molecule has 0 unspecified atom stereocenters. The van der Waals surface area contributed by atoms with Gasteiger partial charge in [-0.25, -0.2) is 0 Å². The molecule has 1 fully saturated rings. The summed E-state index contributed by atoms with van der Waals surface area (Å²) in [5.41, 5.74) is 2.41. The van der Waals surface area contributed by atoms with Gasteiger partial charge in [0.2, 0.25) is 5.91 Å². The van der Waals surface area contributed by atoms with Crippen LogP contribution in [0.1, 0.15) is 59.4 Å². The SMILES string of the molecule is CC(C)OCCCNC(=O)c1ccccc1CN1C(=O)[C@H]2CCCN2C(=O)c2ccccc21. The van der Waals surface area contributed by atoms with E-state index in [0.717, 1.165) is 18.4 Å². The van der Waals surface area contributed by atoms with Crippen LogP contribution in [0.5, 0.6) is 0 Å². The van der Waals surface area contributed by atoms with Gasteiger partial charge in [-0.2, -0.15) is 0 Å². The minimum Gasteiger partial charge on any atom is -0.379 e.